The second-order valence-corrected chi connectivity index (χ2v) is 3.73. The van der Waals surface area contributed by atoms with E-state index in [2.05, 4.69) is 4.98 Å². The lowest BCUT2D eigenvalue weighted by Crippen LogP contribution is -2.02. The maximum atomic E-state index is 9.05. The van der Waals surface area contributed by atoms with E-state index in [1.54, 1.807) is 12.5 Å². The summed E-state index contributed by atoms with van der Waals surface area (Å²) in [5, 5.41) is 9.78. The molecule has 0 amide bonds. The van der Waals surface area contributed by atoms with E-state index in [4.69, 9.17) is 16.7 Å². The van der Waals surface area contributed by atoms with Crippen LogP contribution in [0.1, 0.15) is 11.3 Å². The summed E-state index contributed by atoms with van der Waals surface area (Å²) in [6, 6.07) is 7.63. The summed E-state index contributed by atoms with van der Waals surface area (Å²) in [7, 11) is 0. The molecule has 0 bridgehead atoms. The molecular formula is C11H11ClN2O. The Hall–Kier alpha value is -1.32. The predicted octanol–water partition coefficient (Wildman–Crippen LogP) is 2.08. The van der Waals surface area contributed by atoms with E-state index in [1.165, 1.54) is 0 Å². The van der Waals surface area contributed by atoms with Gasteiger partial charge in [-0.3, -0.25) is 0 Å². The molecule has 1 aromatic heterocycles. The van der Waals surface area contributed by atoms with E-state index in [0.29, 0.717) is 6.54 Å². The van der Waals surface area contributed by atoms with Gasteiger partial charge in [-0.1, -0.05) is 23.7 Å². The number of nitrogens with zero attached hydrogens (tertiary/aromatic N) is 2. The van der Waals surface area contributed by atoms with Crippen LogP contribution in [0.3, 0.4) is 0 Å². The van der Waals surface area contributed by atoms with Gasteiger partial charge in [-0.05, 0) is 17.7 Å². The molecule has 2 rings (SSSR count). The Morgan fingerprint density at radius 2 is 2.00 bits per heavy atom. The number of halogens is 1. The number of aromatic nitrogens is 2. The lowest BCUT2D eigenvalue weighted by Gasteiger charge is -2.06. The summed E-state index contributed by atoms with van der Waals surface area (Å²) in [4.78, 5) is 3.98. The zero-order valence-electron chi connectivity index (χ0n) is 8.10. The summed E-state index contributed by atoms with van der Waals surface area (Å²) in [6.45, 7) is 0.709. The van der Waals surface area contributed by atoms with Crippen molar-refractivity contribution in [2.75, 3.05) is 0 Å². The first-order chi connectivity index (χ1) is 7.29. The fraction of sp³-hybridized carbons (Fsp3) is 0.182. The molecule has 0 radical (unpaired) electrons. The molecule has 1 aromatic carbocycles. The number of benzene rings is 1. The normalized spacial score (nSPS) is 10.5. The van der Waals surface area contributed by atoms with Crippen molar-refractivity contribution < 1.29 is 5.11 Å². The Balaban J connectivity index is 2.18. The SMILES string of the molecule is OCc1cncn1Cc1ccc(Cl)cc1. The number of imidazole rings is 1. The molecule has 0 unspecified atom stereocenters. The van der Waals surface area contributed by atoms with Crippen LogP contribution in [-0.4, -0.2) is 14.7 Å². The third-order valence-corrected chi connectivity index (χ3v) is 2.48. The Morgan fingerprint density at radius 3 is 2.67 bits per heavy atom. The van der Waals surface area contributed by atoms with Crippen molar-refractivity contribution in [1.82, 2.24) is 9.55 Å². The topological polar surface area (TPSA) is 38.1 Å². The molecular weight excluding hydrogens is 212 g/mol. The van der Waals surface area contributed by atoms with Crippen LogP contribution in [0.4, 0.5) is 0 Å². The van der Waals surface area contributed by atoms with Crippen molar-refractivity contribution in [1.29, 1.82) is 0 Å². The van der Waals surface area contributed by atoms with Gasteiger partial charge in [-0.2, -0.15) is 0 Å². The van der Waals surface area contributed by atoms with E-state index in [0.717, 1.165) is 16.3 Å². The number of hydrogen-bond acceptors (Lipinski definition) is 2. The molecule has 78 valence electrons. The van der Waals surface area contributed by atoms with Crippen LogP contribution in [0.5, 0.6) is 0 Å². The van der Waals surface area contributed by atoms with Gasteiger partial charge in [-0.25, -0.2) is 4.98 Å². The van der Waals surface area contributed by atoms with Gasteiger partial charge < -0.3 is 9.67 Å². The zero-order valence-corrected chi connectivity index (χ0v) is 8.85. The quantitative estimate of drug-likeness (QED) is 0.864. The Kier molecular flexibility index (Phi) is 3.04. The molecule has 15 heavy (non-hydrogen) atoms. The molecule has 0 fully saturated rings. The van der Waals surface area contributed by atoms with Gasteiger partial charge in [0.1, 0.15) is 0 Å². The van der Waals surface area contributed by atoms with Gasteiger partial charge in [0.05, 0.1) is 24.8 Å². The van der Waals surface area contributed by atoms with Crippen LogP contribution >= 0.6 is 11.6 Å². The molecule has 0 atom stereocenters. The number of hydrogen-bond donors (Lipinski definition) is 1. The number of rotatable bonds is 3. The third-order valence-electron chi connectivity index (χ3n) is 2.23. The van der Waals surface area contributed by atoms with E-state index >= 15 is 0 Å². The summed E-state index contributed by atoms with van der Waals surface area (Å²) < 4.78 is 1.91. The summed E-state index contributed by atoms with van der Waals surface area (Å²) in [6.07, 6.45) is 3.37. The van der Waals surface area contributed by atoms with Crippen LogP contribution in [-0.2, 0) is 13.2 Å². The standard InChI is InChI=1S/C11H11ClN2O/c12-10-3-1-9(2-4-10)6-14-8-13-5-11(14)7-15/h1-5,8,15H,6-7H2. The average molecular weight is 223 g/mol. The Bertz CT molecular complexity index is 436. The zero-order chi connectivity index (χ0) is 10.7. The maximum absolute atomic E-state index is 9.05. The summed E-state index contributed by atoms with van der Waals surface area (Å²) in [5.74, 6) is 0. The van der Waals surface area contributed by atoms with Crippen molar-refractivity contribution in [3.63, 3.8) is 0 Å². The minimum absolute atomic E-state index is 0.00753. The fourth-order valence-corrected chi connectivity index (χ4v) is 1.53. The second kappa shape index (κ2) is 4.47. The monoisotopic (exact) mass is 222 g/mol. The highest BCUT2D eigenvalue weighted by Gasteiger charge is 2.01. The number of aliphatic hydroxyl groups excluding tert-OH is 1. The van der Waals surface area contributed by atoms with Crippen molar-refractivity contribution in [3.8, 4) is 0 Å². The van der Waals surface area contributed by atoms with Crippen LogP contribution < -0.4 is 0 Å². The highest BCUT2D eigenvalue weighted by Crippen LogP contribution is 2.11. The summed E-state index contributed by atoms with van der Waals surface area (Å²) in [5.41, 5.74) is 1.94. The molecule has 1 heterocycles. The van der Waals surface area contributed by atoms with Crippen molar-refractivity contribution in [2.45, 2.75) is 13.2 Å². The molecule has 0 aliphatic heterocycles. The largest absolute Gasteiger partial charge is 0.390 e. The maximum Gasteiger partial charge on any atom is 0.0952 e. The van der Waals surface area contributed by atoms with Gasteiger partial charge in [0.25, 0.3) is 0 Å². The molecule has 0 aliphatic rings. The van der Waals surface area contributed by atoms with Gasteiger partial charge in [0, 0.05) is 11.6 Å². The van der Waals surface area contributed by atoms with E-state index in [1.807, 2.05) is 28.8 Å². The molecule has 2 aromatic rings. The highest BCUT2D eigenvalue weighted by molar-refractivity contribution is 6.30. The van der Waals surface area contributed by atoms with Crippen LogP contribution in [0.25, 0.3) is 0 Å². The third kappa shape index (κ3) is 2.37. The highest BCUT2D eigenvalue weighted by atomic mass is 35.5. The molecule has 0 saturated heterocycles. The van der Waals surface area contributed by atoms with Gasteiger partial charge >= 0.3 is 0 Å². The smallest absolute Gasteiger partial charge is 0.0952 e. The van der Waals surface area contributed by atoms with Gasteiger partial charge in [0.15, 0.2) is 0 Å². The van der Waals surface area contributed by atoms with E-state index in [9.17, 15) is 0 Å². The second-order valence-electron chi connectivity index (χ2n) is 3.30. The van der Waals surface area contributed by atoms with Crippen LogP contribution in [0.2, 0.25) is 5.02 Å². The molecule has 4 heteroatoms. The number of aliphatic hydroxyl groups is 1. The first-order valence-electron chi connectivity index (χ1n) is 4.64. The van der Waals surface area contributed by atoms with Gasteiger partial charge in [0.2, 0.25) is 0 Å². The minimum Gasteiger partial charge on any atom is -0.390 e. The van der Waals surface area contributed by atoms with Gasteiger partial charge in [-0.15, -0.1) is 0 Å². The Labute approximate surface area is 93.0 Å². The molecule has 0 spiro atoms. The Morgan fingerprint density at radius 1 is 1.27 bits per heavy atom. The fourth-order valence-electron chi connectivity index (χ4n) is 1.41. The predicted molar refractivity (Wildman–Crippen MR) is 58.7 cm³/mol. The minimum atomic E-state index is 0.00753. The first-order valence-corrected chi connectivity index (χ1v) is 5.01. The van der Waals surface area contributed by atoms with Crippen molar-refractivity contribution >= 4 is 11.6 Å². The van der Waals surface area contributed by atoms with Crippen LogP contribution in [0, 0.1) is 0 Å². The van der Waals surface area contributed by atoms with Crippen molar-refractivity contribution in [2.24, 2.45) is 0 Å². The molecule has 0 saturated carbocycles. The van der Waals surface area contributed by atoms with Crippen LogP contribution in [0.15, 0.2) is 36.8 Å². The van der Waals surface area contributed by atoms with E-state index < -0.39 is 0 Å². The average Bonchev–Trinajstić information content (AvgIpc) is 2.69. The van der Waals surface area contributed by atoms with E-state index in [-0.39, 0.29) is 6.61 Å². The molecule has 0 aliphatic carbocycles. The first kappa shape index (κ1) is 10.2. The molecule has 1 N–H and O–H groups in total. The van der Waals surface area contributed by atoms with Crippen molar-refractivity contribution in [3.05, 3.63) is 53.1 Å². The lowest BCUT2D eigenvalue weighted by molar-refractivity contribution is 0.271. The lowest BCUT2D eigenvalue weighted by atomic mass is 10.2. The summed E-state index contributed by atoms with van der Waals surface area (Å²) >= 11 is 5.79. The molecule has 3 nitrogen and oxygen atoms in total.